The number of para-hydroxylation sites is 1. The van der Waals surface area contributed by atoms with E-state index in [1.807, 2.05) is 36.4 Å². The van der Waals surface area contributed by atoms with Crippen LogP contribution >= 0.6 is 0 Å². The first-order chi connectivity index (χ1) is 19.2. The lowest BCUT2D eigenvalue weighted by Gasteiger charge is -2.11. The molecule has 0 spiro atoms. The van der Waals surface area contributed by atoms with E-state index in [0.717, 1.165) is 30.3 Å². The Morgan fingerprint density at radius 1 is 0.875 bits per heavy atom. The number of halogens is 3. The number of carbonyl (C=O) groups is 1. The van der Waals surface area contributed by atoms with Crippen LogP contribution in [0.25, 0.3) is 16.9 Å². The number of aromatic nitrogens is 2. The summed E-state index contributed by atoms with van der Waals surface area (Å²) in [5, 5.41) is 18.8. The van der Waals surface area contributed by atoms with E-state index in [4.69, 9.17) is 4.74 Å². The van der Waals surface area contributed by atoms with Crippen molar-refractivity contribution < 1.29 is 27.6 Å². The van der Waals surface area contributed by atoms with Gasteiger partial charge in [-0.3, -0.25) is 14.9 Å². The largest absolute Gasteiger partial charge is 0.457 e. The first kappa shape index (κ1) is 26.2. The number of benzene rings is 4. The third-order valence-corrected chi connectivity index (χ3v) is 5.78. The summed E-state index contributed by atoms with van der Waals surface area (Å²) in [6.45, 7) is 0. The SMILES string of the molecule is O=C(Nc1cc(Oc2cccc(C(F)(F)F)c2)cc([N+](=O)[O-])c1)c1cn(-c2ccccc2)nc1-c1ccccc1. The maximum atomic E-state index is 13.5. The highest BCUT2D eigenvalue weighted by atomic mass is 19.4. The molecule has 0 atom stereocenters. The number of hydrogen-bond donors (Lipinski definition) is 1. The summed E-state index contributed by atoms with van der Waals surface area (Å²) in [5.74, 6) is -0.915. The molecule has 40 heavy (non-hydrogen) atoms. The van der Waals surface area contributed by atoms with Gasteiger partial charge in [-0.15, -0.1) is 0 Å². The molecular formula is C29H19F3N4O4. The fraction of sp³-hybridized carbons (Fsp3) is 0.0345. The molecule has 200 valence electrons. The molecule has 4 aromatic carbocycles. The first-order valence-corrected chi connectivity index (χ1v) is 11.8. The fourth-order valence-electron chi connectivity index (χ4n) is 3.95. The van der Waals surface area contributed by atoms with E-state index in [1.165, 1.54) is 12.1 Å². The molecule has 1 aromatic heterocycles. The number of nitro benzene ring substituents is 1. The van der Waals surface area contributed by atoms with Gasteiger partial charge in [0.25, 0.3) is 11.6 Å². The first-order valence-electron chi connectivity index (χ1n) is 11.8. The smallest absolute Gasteiger partial charge is 0.416 e. The lowest BCUT2D eigenvalue weighted by Crippen LogP contribution is -2.12. The second kappa shape index (κ2) is 10.7. The third-order valence-electron chi connectivity index (χ3n) is 5.78. The van der Waals surface area contributed by atoms with Crippen LogP contribution < -0.4 is 10.1 Å². The molecule has 0 saturated heterocycles. The number of nitro groups is 1. The molecule has 1 N–H and O–H groups in total. The van der Waals surface area contributed by atoms with E-state index < -0.39 is 28.3 Å². The van der Waals surface area contributed by atoms with E-state index in [1.54, 1.807) is 35.1 Å². The van der Waals surface area contributed by atoms with E-state index >= 15 is 0 Å². The van der Waals surface area contributed by atoms with Crippen molar-refractivity contribution in [3.63, 3.8) is 0 Å². The molecule has 5 aromatic rings. The van der Waals surface area contributed by atoms with Gasteiger partial charge in [-0.1, -0.05) is 54.6 Å². The van der Waals surface area contributed by atoms with Gasteiger partial charge in [0.1, 0.15) is 17.2 Å². The average molecular weight is 544 g/mol. The van der Waals surface area contributed by atoms with Crippen LogP contribution in [0.15, 0.2) is 109 Å². The van der Waals surface area contributed by atoms with Gasteiger partial charge in [-0.25, -0.2) is 4.68 Å². The number of amides is 1. The van der Waals surface area contributed by atoms with E-state index in [-0.39, 0.29) is 22.7 Å². The minimum Gasteiger partial charge on any atom is -0.457 e. The van der Waals surface area contributed by atoms with E-state index in [2.05, 4.69) is 10.4 Å². The number of carbonyl (C=O) groups excluding carboxylic acids is 1. The van der Waals surface area contributed by atoms with Crippen molar-refractivity contribution in [2.24, 2.45) is 0 Å². The van der Waals surface area contributed by atoms with Crippen molar-refractivity contribution >= 4 is 17.3 Å². The Kier molecular flexibility index (Phi) is 7.02. The molecule has 1 amide bonds. The molecule has 0 aliphatic carbocycles. The number of ether oxygens (including phenoxy) is 1. The second-order valence-corrected chi connectivity index (χ2v) is 8.59. The molecule has 1 heterocycles. The Bertz CT molecular complexity index is 1690. The van der Waals surface area contributed by atoms with Crippen molar-refractivity contribution in [3.05, 3.63) is 131 Å². The lowest BCUT2D eigenvalue weighted by molar-refractivity contribution is -0.384. The van der Waals surface area contributed by atoms with Gasteiger partial charge in [0.2, 0.25) is 0 Å². The molecule has 0 unspecified atom stereocenters. The van der Waals surface area contributed by atoms with Crippen LogP contribution in [0.5, 0.6) is 11.5 Å². The summed E-state index contributed by atoms with van der Waals surface area (Å²) in [4.78, 5) is 24.3. The zero-order valence-corrected chi connectivity index (χ0v) is 20.5. The molecule has 0 aliphatic heterocycles. The van der Waals surface area contributed by atoms with Crippen molar-refractivity contribution in [1.82, 2.24) is 9.78 Å². The molecule has 8 nitrogen and oxygen atoms in total. The Morgan fingerprint density at radius 2 is 1.57 bits per heavy atom. The average Bonchev–Trinajstić information content (AvgIpc) is 3.40. The number of anilines is 1. The highest BCUT2D eigenvalue weighted by Crippen LogP contribution is 2.35. The van der Waals surface area contributed by atoms with Crippen molar-refractivity contribution in [3.8, 4) is 28.4 Å². The van der Waals surface area contributed by atoms with Gasteiger partial charge in [0.05, 0.1) is 33.5 Å². The predicted octanol–water partition coefficient (Wildman–Crippen LogP) is 7.51. The van der Waals surface area contributed by atoms with Crippen molar-refractivity contribution in [2.45, 2.75) is 6.18 Å². The van der Waals surface area contributed by atoms with Crippen molar-refractivity contribution in [2.75, 3.05) is 5.32 Å². The Hall–Kier alpha value is -5.45. The number of nitrogens with one attached hydrogen (secondary N) is 1. The minimum absolute atomic E-state index is 0.00708. The van der Waals surface area contributed by atoms with Gasteiger partial charge in [-0.2, -0.15) is 18.3 Å². The fourth-order valence-corrected chi connectivity index (χ4v) is 3.95. The quantitative estimate of drug-likeness (QED) is 0.169. The summed E-state index contributed by atoms with van der Waals surface area (Å²) in [7, 11) is 0. The van der Waals surface area contributed by atoms with Crippen molar-refractivity contribution in [1.29, 1.82) is 0 Å². The monoisotopic (exact) mass is 544 g/mol. The lowest BCUT2D eigenvalue weighted by atomic mass is 10.1. The van der Waals surface area contributed by atoms with Gasteiger partial charge in [0.15, 0.2) is 0 Å². The minimum atomic E-state index is -4.60. The molecule has 5 rings (SSSR count). The summed E-state index contributed by atoms with van der Waals surface area (Å²) in [6, 6.07) is 25.7. The van der Waals surface area contributed by atoms with Gasteiger partial charge in [-0.05, 0) is 30.3 Å². The summed E-state index contributed by atoms with van der Waals surface area (Å²) in [6.07, 6.45) is -3.05. The molecule has 0 aliphatic rings. The van der Waals surface area contributed by atoms with Crippen LogP contribution in [0.2, 0.25) is 0 Å². The van der Waals surface area contributed by atoms with Crippen LogP contribution in [0.4, 0.5) is 24.5 Å². The highest BCUT2D eigenvalue weighted by Gasteiger charge is 2.30. The molecule has 0 fully saturated rings. The van der Waals surface area contributed by atoms with Crippen LogP contribution in [0.3, 0.4) is 0 Å². The summed E-state index contributed by atoms with van der Waals surface area (Å²) >= 11 is 0. The Morgan fingerprint density at radius 3 is 2.25 bits per heavy atom. The second-order valence-electron chi connectivity index (χ2n) is 8.59. The van der Waals surface area contributed by atoms with Gasteiger partial charge in [0, 0.05) is 23.9 Å². The van der Waals surface area contributed by atoms with Crippen LogP contribution in [0.1, 0.15) is 15.9 Å². The third kappa shape index (κ3) is 5.83. The van der Waals surface area contributed by atoms with Gasteiger partial charge >= 0.3 is 6.18 Å². The van der Waals surface area contributed by atoms with Gasteiger partial charge < -0.3 is 10.1 Å². The number of non-ortho nitro benzene ring substituents is 1. The zero-order chi connectivity index (χ0) is 28.3. The Labute approximate surface area is 225 Å². The van der Waals surface area contributed by atoms with Crippen LogP contribution in [0, 0.1) is 10.1 Å². The van der Waals surface area contributed by atoms with E-state index in [9.17, 15) is 28.1 Å². The molecule has 0 radical (unpaired) electrons. The molecular weight excluding hydrogens is 525 g/mol. The zero-order valence-electron chi connectivity index (χ0n) is 20.5. The maximum absolute atomic E-state index is 13.5. The topological polar surface area (TPSA) is 99.3 Å². The molecule has 0 saturated carbocycles. The Balaban J connectivity index is 1.49. The number of alkyl halides is 3. The molecule has 11 heteroatoms. The normalized spacial score (nSPS) is 11.2. The van der Waals surface area contributed by atoms with E-state index in [0.29, 0.717) is 16.9 Å². The number of nitrogens with zero attached hydrogens (tertiary/aromatic N) is 3. The standard InChI is InChI=1S/C29H19F3N4O4/c30-29(31,32)20-10-7-13-24(14-20)40-25-16-21(15-23(17-25)36(38)39)33-28(37)26-18-35(22-11-5-2-6-12-22)34-27(26)19-8-3-1-4-9-19/h1-18H,(H,33,37). The highest BCUT2D eigenvalue weighted by molar-refractivity contribution is 6.08. The predicted molar refractivity (Wildman–Crippen MR) is 142 cm³/mol. The number of hydrogen-bond acceptors (Lipinski definition) is 5. The molecule has 0 bridgehead atoms. The van der Waals surface area contributed by atoms with Crippen LogP contribution in [-0.4, -0.2) is 20.6 Å². The summed E-state index contributed by atoms with van der Waals surface area (Å²) < 4.78 is 46.4. The van der Waals surface area contributed by atoms with Crippen LogP contribution in [-0.2, 0) is 6.18 Å². The summed E-state index contributed by atoms with van der Waals surface area (Å²) in [5.41, 5.74) is 0.610. The maximum Gasteiger partial charge on any atom is 0.416 e. The number of rotatable bonds is 7.